The fourth-order valence-electron chi connectivity index (χ4n) is 0.886. The Balaban J connectivity index is 2.39. The Labute approximate surface area is 64.4 Å². The van der Waals surface area contributed by atoms with E-state index in [9.17, 15) is 4.79 Å². The van der Waals surface area contributed by atoms with Gasteiger partial charge >= 0.3 is 0 Å². The molecule has 0 saturated carbocycles. The van der Waals surface area contributed by atoms with Crippen LogP contribution in [0.4, 0.5) is 0 Å². The van der Waals surface area contributed by atoms with Crippen molar-refractivity contribution in [3.63, 3.8) is 0 Å². The highest BCUT2D eigenvalue weighted by Gasteiger charge is 2.19. The zero-order valence-corrected chi connectivity index (χ0v) is 6.73. The first-order chi connectivity index (χ1) is 4.70. The largest absolute Gasteiger partial charge is 0.379 e. The summed E-state index contributed by atoms with van der Waals surface area (Å²) in [6.45, 7) is 2.89. The number of nitrogens with zero attached hydrogens (tertiary/aromatic N) is 1. The van der Waals surface area contributed by atoms with Crippen molar-refractivity contribution in [2.75, 3.05) is 18.8 Å². The van der Waals surface area contributed by atoms with E-state index >= 15 is 0 Å². The zero-order chi connectivity index (χ0) is 7.56. The summed E-state index contributed by atoms with van der Waals surface area (Å²) in [7, 11) is 0. The maximum absolute atomic E-state index is 10.8. The molecule has 10 heavy (non-hydrogen) atoms. The molecule has 1 atom stereocenters. The Hall–Kier alpha value is -0.0600. The van der Waals surface area contributed by atoms with Crippen molar-refractivity contribution < 1.29 is 9.90 Å². The molecule has 0 radical (unpaired) electrons. The molecular formula is C6H11NO2S. The molecule has 1 fully saturated rings. The molecule has 1 saturated heterocycles. The molecule has 1 unspecified atom stereocenters. The molecule has 0 spiro atoms. The number of aliphatic hydroxyl groups is 1. The standard InChI is InChI=1S/C6H11NO2S/c1-5(8)7-2-3-10-6(9)4-7/h5,8H,2-4H2,1H3. The van der Waals surface area contributed by atoms with Crippen LogP contribution in [-0.4, -0.2) is 40.2 Å². The monoisotopic (exact) mass is 161 g/mol. The fraction of sp³-hybridized carbons (Fsp3) is 0.833. The zero-order valence-electron chi connectivity index (χ0n) is 5.91. The third-order valence-electron chi connectivity index (χ3n) is 1.50. The maximum atomic E-state index is 10.8. The van der Waals surface area contributed by atoms with E-state index < -0.39 is 6.23 Å². The number of hydrogen-bond donors (Lipinski definition) is 1. The second-order valence-corrected chi connectivity index (χ2v) is 3.48. The van der Waals surface area contributed by atoms with Crippen LogP contribution in [0, 0.1) is 0 Å². The minimum atomic E-state index is -0.482. The van der Waals surface area contributed by atoms with Crippen LogP contribution in [0.3, 0.4) is 0 Å². The van der Waals surface area contributed by atoms with Crippen molar-refractivity contribution >= 4 is 16.9 Å². The SMILES string of the molecule is CC(O)N1CCSC(=O)C1. The third kappa shape index (κ3) is 1.97. The molecule has 1 rings (SSSR count). The topological polar surface area (TPSA) is 40.5 Å². The van der Waals surface area contributed by atoms with E-state index in [1.54, 1.807) is 11.8 Å². The van der Waals surface area contributed by atoms with Crippen LogP contribution in [0.1, 0.15) is 6.92 Å². The molecule has 0 aromatic heterocycles. The van der Waals surface area contributed by atoms with Crippen molar-refractivity contribution in [3.8, 4) is 0 Å². The summed E-state index contributed by atoms with van der Waals surface area (Å²) in [5.41, 5.74) is 0. The Morgan fingerprint density at radius 3 is 2.90 bits per heavy atom. The van der Waals surface area contributed by atoms with E-state index in [0.717, 1.165) is 12.3 Å². The molecule has 1 N–H and O–H groups in total. The van der Waals surface area contributed by atoms with E-state index in [1.165, 1.54) is 11.8 Å². The lowest BCUT2D eigenvalue weighted by Crippen LogP contribution is -2.41. The van der Waals surface area contributed by atoms with Crippen LogP contribution >= 0.6 is 11.8 Å². The van der Waals surface area contributed by atoms with Gasteiger partial charge in [0.15, 0.2) is 0 Å². The van der Waals surface area contributed by atoms with Gasteiger partial charge in [0, 0.05) is 12.3 Å². The molecule has 3 nitrogen and oxygen atoms in total. The minimum absolute atomic E-state index is 0.159. The van der Waals surface area contributed by atoms with E-state index in [1.807, 2.05) is 0 Å². The van der Waals surface area contributed by atoms with Gasteiger partial charge < -0.3 is 5.11 Å². The number of hydrogen-bond acceptors (Lipinski definition) is 4. The predicted octanol–water partition coefficient (Wildman–Crippen LogP) is -0.0999. The molecule has 1 aliphatic heterocycles. The number of aliphatic hydroxyl groups excluding tert-OH is 1. The Morgan fingerprint density at radius 2 is 2.50 bits per heavy atom. The van der Waals surface area contributed by atoms with Gasteiger partial charge in [0.05, 0.1) is 6.54 Å². The van der Waals surface area contributed by atoms with Gasteiger partial charge in [-0.1, -0.05) is 11.8 Å². The summed E-state index contributed by atoms with van der Waals surface area (Å²) in [5, 5.41) is 9.22. The van der Waals surface area contributed by atoms with Gasteiger partial charge in [-0.25, -0.2) is 0 Å². The lowest BCUT2D eigenvalue weighted by molar-refractivity contribution is -0.115. The quantitative estimate of drug-likeness (QED) is 0.583. The molecule has 0 amide bonds. The highest BCUT2D eigenvalue weighted by molar-refractivity contribution is 8.13. The fourth-order valence-corrected chi connectivity index (χ4v) is 1.70. The first-order valence-electron chi connectivity index (χ1n) is 3.28. The van der Waals surface area contributed by atoms with E-state index in [2.05, 4.69) is 0 Å². The average molecular weight is 161 g/mol. The third-order valence-corrected chi connectivity index (χ3v) is 2.34. The van der Waals surface area contributed by atoms with Crippen molar-refractivity contribution in [3.05, 3.63) is 0 Å². The Bertz CT molecular complexity index is 138. The summed E-state index contributed by atoms with van der Waals surface area (Å²) in [5.74, 6) is 0.809. The van der Waals surface area contributed by atoms with E-state index in [0.29, 0.717) is 6.54 Å². The van der Waals surface area contributed by atoms with Gasteiger partial charge in [-0.2, -0.15) is 0 Å². The van der Waals surface area contributed by atoms with Gasteiger partial charge in [0.25, 0.3) is 0 Å². The molecule has 1 heterocycles. The van der Waals surface area contributed by atoms with Crippen LogP contribution in [0.25, 0.3) is 0 Å². The molecule has 0 aliphatic carbocycles. The molecule has 58 valence electrons. The summed E-state index contributed by atoms with van der Waals surface area (Å²) in [6.07, 6.45) is -0.482. The first kappa shape index (κ1) is 8.04. The molecule has 0 bridgehead atoms. The van der Waals surface area contributed by atoms with Crippen LogP contribution < -0.4 is 0 Å². The van der Waals surface area contributed by atoms with Gasteiger partial charge in [-0.15, -0.1) is 0 Å². The van der Waals surface area contributed by atoms with Crippen molar-refractivity contribution in [2.45, 2.75) is 13.2 Å². The van der Waals surface area contributed by atoms with Gasteiger partial charge in [0.2, 0.25) is 5.12 Å². The van der Waals surface area contributed by atoms with Crippen LogP contribution in [0.2, 0.25) is 0 Å². The van der Waals surface area contributed by atoms with Gasteiger partial charge in [-0.05, 0) is 6.92 Å². The maximum Gasteiger partial charge on any atom is 0.203 e. The molecular weight excluding hydrogens is 150 g/mol. The molecule has 0 aromatic carbocycles. The highest BCUT2D eigenvalue weighted by atomic mass is 32.2. The normalized spacial score (nSPS) is 24.8. The Kier molecular flexibility index (Phi) is 2.71. The highest BCUT2D eigenvalue weighted by Crippen LogP contribution is 2.12. The van der Waals surface area contributed by atoms with E-state index in [-0.39, 0.29) is 5.12 Å². The molecule has 0 aromatic rings. The smallest absolute Gasteiger partial charge is 0.203 e. The number of carbonyl (C=O) groups excluding carboxylic acids is 1. The van der Waals surface area contributed by atoms with Crippen LogP contribution in [0.15, 0.2) is 0 Å². The summed E-state index contributed by atoms with van der Waals surface area (Å²) in [6, 6.07) is 0. The van der Waals surface area contributed by atoms with Crippen LogP contribution in [0.5, 0.6) is 0 Å². The predicted molar refractivity (Wildman–Crippen MR) is 40.7 cm³/mol. The van der Waals surface area contributed by atoms with E-state index in [4.69, 9.17) is 5.11 Å². The van der Waals surface area contributed by atoms with Gasteiger partial charge in [0.1, 0.15) is 6.23 Å². The van der Waals surface area contributed by atoms with Crippen molar-refractivity contribution in [2.24, 2.45) is 0 Å². The second kappa shape index (κ2) is 3.37. The summed E-state index contributed by atoms with van der Waals surface area (Å²) in [4.78, 5) is 12.6. The summed E-state index contributed by atoms with van der Waals surface area (Å²) < 4.78 is 0. The lowest BCUT2D eigenvalue weighted by atomic mass is 10.4. The number of thioether (sulfide) groups is 1. The second-order valence-electron chi connectivity index (χ2n) is 2.32. The number of carbonyl (C=O) groups is 1. The minimum Gasteiger partial charge on any atom is -0.379 e. The average Bonchev–Trinajstić information content (AvgIpc) is 1.88. The van der Waals surface area contributed by atoms with Gasteiger partial charge in [-0.3, -0.25) is 9.69 Å². The first-order valence-corrected chi connectivity index (χ1v) is 4.26. The lowest BCUT2D eigenvalue weighted by Gasteiger charge is -2.27. The Morgan fingerprint density at radius 1 is 1.80 bits per heavy atom. The van der Waals surface area contributed by atoms with Crippen molar-refractivity contribution in [1.29, 1.82) is 0 Å². The number of rotatable bonds is 1. The van der Waals surface area contributed by atoms with Crippen molar-refractivity contribution in [1.82, 2.24) is 4.90 Å². The molecule has 4 heteroatoms. The molecule has 1 aliphatic rings. The summed E-state index contributed by atoms with van der Waals surface area (Å²) >= 11 is 1.35. The van der Waals surface area contributed by atoms with Crippen LogP contribution in [-0.2, 0) is 4.79 Å².